The Bertz CT molecular complexity index is 369. The van der Waals surface area contributed by atoms with Gasteiger partial charge in [-0.1, -0.05) is 25.7 Å². The molecule has 17 heavy (non-hydrogen) atoms. The third kappa shape index (κ3) is 4.69. The first-order valence-electron chi connectivity index (χ1n) is 6.38. The minimum atomic E-state index is -2.91. The zero-order chi connectivity index (χ0) is 12.9. The number of terminal acetylenes is 1. The first kappa shape index (κ1) is 14.5. The third-order valence-corrected chi connectivity index (χ3v) is 5.09. The lowest BCUT2D eigenvalue weighted by Crippen LogP contribution is -2.43. The van der Waals surface area contributed by atoms with Crippen LogP contribution < -0.4 is 5.32 Å². The Morgan fingerprint density at radius 3 is 2.71 bits per heavy atom. The summed E-state index contributed by atoms with van der Waals surface area (Å²) >= 11 is 0. The average molecular weight is 257 g/mol. The molecule has 0 spiro atoms. The number of rotatable bonds is 5. The smallest absolute Gasteiger partial charge is 0.150 e. The highest BCUT2D eigenvalue weighted by Crippen LogP contribution is 2.24. The van der Waals surface area contributed by atoms with Crippen LogP contribution >= 0.6 is 0 Å². The van der Waals surface area contributed by atoms with Gasteiger partial charge in [-0.2, -0.15) is 0 Å². The van der Waals surface area contributed by atoms with Gasteiger partial charge in [-0.15, -0.1) is 6.42 Å². The molecule has 0 saturated heterocycles. The van der Waals surface area contributed by atoms with E-state index in [2.05, 4.69) is 18.2 Å². The van der Waals surface area contributed by atoms with Crippen LogP contribution in [0.3, 0.4) is 0 Å². The van der Waals surface area contributed by atoms with Crippen molar-refractivity contribution in [2.24, 2.45) is 0 Å². The van der Waals surface area contributed by atoms with E-state index in [4.69, 9.17) is 6.42 Å². The molecule has 0 radical (unpaired) electrons. The van der Waals surface area contributed by atoms with Crippen molar-refractivity contribution < 1.29 is 8.42 Å². The molecule has 0 aromatic carbocycles. The number of sulfone groups is 1. The van der Waals surface area contributed by atoms with Crippen LogP contribution in [0, 0.1) is 12.3 Å². The van der Waals surface area contributed by atoms with Gasteiger partial charge in [0.2, 0.25) is 0 Å². The summed E-state index contributed by atoms with van der Waals surface area (Å²) in [6.07, 6.45) is 12.3. The second-order valence-electron chi connectivity index (χ2n) is 4.99. The van der Waals surface area contributed by atoms with E-state index in [1.54, 1.807) is 0 Å². The molecule has 3 atom stereocenters. The zero-order valence-corrected chi connectivity index (χ0v) is 11.6. The van der Waals surface area contributed by atoms with E-state index in [1.807, 2.05) is 0 Å². The van der Waals surface area contributed by atoms with Gasteiger partial charge < -0.3 is 5.32 Å². The van der Waals surface area contributed by atoms with Gasteiger partial charge in [-0.3, -0.25) is 0 Å². The van der Waals surface area contributed by atoms with E-state index in [9.17, 15) is 8.42 Å². The Labute approximate surface area is 105 Å². The fourth-order valence-corrected chi connectivity index (χ4v) is 3.65. The van der Waals surface area contributed by atoms with Crippen molar-refractivity contribution in [3.8, 4) is 12.3 Å². The minimum absolute atomic E-state index is 0.0864. The highest BCUT2D eigenvalue weighted by atomic mass is 32.2. The first-order valence-corrected chi connectivity index (χ1v) is 8.33. The van der Waals surface area contributed by atoms with E-state index < -0.39 is 9.84 Å². The molecule has 4 heteroatoms. The summed E-state index contributed by atoms with van der Waals surface area (Å²) in [5.41, 5.74) is 0. The molecule has 0 aromatic heterocycles. The Hall–Kier alpha value is -0.530. The molecule has 0 bridgehead atoms. The van der Waals surface area contributed by atoms with Crippen LogP contribution in [0.2, 0.25) is 0 Å². The van der Waals surface area contributed by atoms with Crippen molar-refractivity contribution in [3.05, 3.63) is 0 Å². The Balaban J connectivity index is 2.53. The molecule has 0 amide bonds. The van der Waals surface area contributed by atoms with E-state index in [1.165, 1.54) is 6.26 Å². The van der Waals surface area contributed by atoms with Gasteiger partial charge in [0.25, 0.3) is 0 Å². The van der Waals surface area contributed by atoms with Crippen LogP contribution in [0.15, 0.2) is 0 Å². The third-order valence-electron chi connectivity index (χ3n) is 3.45. The topological polar surface area (TPSA) is 46.2 Å². The normalized spacial score (nSPS) is 27.4. The zero-order valence-electron chi connectivity index (χ0n) is 10.8. The fourth-order valence-electron chi connectivity index (χ4n) is 2.47. The van der Waals surface area contributed by atoms with Crippen LogP contribution in [0.5, 0.6) is 0 Å². The molecular formula is C13H23NO2S. The second kappa shape index (κ2) is 6.42. The summed E-state index contributed by atoms with van der Waals surface area (Å²) < 4.78 is 23.1. The molecule has 1 N–H and O–H groups in total. The second-order valence-corrected chi connectivity index (χ2v) is 7.32. The summed E-state index contributed by atoms with van der Waals surface area (Å²) in [4.78, 5) is 0. The van der Waals surface area contributed by atoms with Gasteiger partial charge in [-0.05, 0) is 25.7 Å². The molecule has 98 valence electrons. The molecule has 0 aromatic rings. The first-order chi connectivity index (χ1) is 7.97. The predicted octanol–water partition coefficient (Wildman–Crippen LogP) is 1.73. The molecule has 1 aliphatic carbocycles. The van der Waals surface area contributed by atoms with Crippen molar-refractivity contribution in [3.63, 3.8) is 0 Å². The summed E-state index contributed by atoms with van der Waals surface area (Å²) in [5.74, 6) is 2.74. The summed E-state index contributed by atoms with van der Waals surface area (Å²) in [7, 11) is -2.91. The fraction of sp³-hybridized carbons (Fsp3) is 0.846. The molecule has 1 rings (SSSR count). The lowest BCUT2D eigenvalue weighted by Gasteiger charge is -2.30. The molecule has 0 aliphatic heterocycles. The largest absolute Gasteiger partial charge is 0.301 e. The summed E-state index contributed by atoms with van der Waals surface area (Å²) in [5, 5.41) is 3.22. The number of hydrogen-bond acceptors (Lipinski definition) is 3. The van der Waals surface area contributed by atoms with E-state index >= 15 is 0 Å². The number of nitrogens with one attached hydrogen (secondary N) is 1. The van der Waals surface area contributed by atoms with Crippen LogP contribution in [0.4, 0.5) is 0 Å². The lowest BCUT2D eigenvalue weighted by molar-refractivity contribution is 0.351. The van der Waals surface area contributed by atoms with Gasteiger partial charge in [0, 0.05) is 12.3 Å². The minimum Gasteiger partial charge on any atom is -0.301 e. The maximum Gasteiger partial charge on any atom is 0.150 e. The molecule has 1 fully saturated rings. The van der Waals surface area contributed by atoms with E-state index in [-0.39, 0.29) is 17.3 Å². The summed E-state index contributed by atoms with van der Waals surface area (Å²) in [6.45, 7) is 2.10. The molecule has 0 heterocycles. The Morgan fingerprint density at radius 2 is 2.18 bits per heavy atom. The van der Waals surface area contributed by atoms with Crippen molar-refractivity contribution in [2.45, 2.75) is 62.8 Å². The van der Waals surface area contributed by atoms with Gasteiger partial charge >= 0.3 is 0 Å². The van der Waals surface area contributed by atoms with Crippen molar-refractivity contribution >= 4 is 9.84 Å². The van der Waals surface area contributed by atoms with Gasteiger partial charge in [0.05, 0.1) is 11.3 Å². The van der Waals surface area contributed by atoms with E-state index in [0.29, 0.717) is 6.42 Å². The molecule has 1 saturated carbocycles. The summed E-state index contributed by atoms with van der Waals surface area (Å²) in [6, 6.07) is 0.347. The molecule has 3 nitrogen and oxygen atoms in total. The van der Waals surface area contributed by atoms with Crippen LogP contribution in [-0.4, -0.2) is 32.0 Å². The highest BCUT2D eigenvalue weighted by Gasteiger charge is 2.29. The van der Waals surface area contributed by atoms with Gasteiger partial charge in [-0.25, -0.2) is 8.42 Å². The van der Waals surface area contributed by atoms with E-state index in [0.717, 1.165) is 32.1 Å². The quantitative estimate of drug-likeness (QED) is 0.763. The van der Waals surface area contributed by atoms with Crippen LogP contribution in [-0.2, 0) is 9.84 Å². The van der Waals surface area contributed by atoms with Crippen LogP contribution in [0.1, 0.15) is 45.4 Å². The molecule has 1 aliphatic rings. The molecular weight excluding hydrogens is 234 g/mol. The Morgan fingerprint density at radius 1 is 1.47 bits per heavy atom. The van der Waals surface area contributed by atoms with Crippen molar-refractivity contribution in [1.82, 2.24) is 5.32 Å². The van der Waals surface area contributed by atoms with Crippen molar-refractivity contribution in [1.29, 1.82) is 0 Å². The van der Waals surface area contributed by atoms with Crippen molar-refractivity contribution in [2.75, 3.05) is 6.26 Å². The average Bonchev–Trinajstić information content (AvgIpc) is 2.28. The Kier molecular flexibility index (Phi) is 5.48. The lowest BCUT2D eigenvalue weighted by atomic mass is 9.94. The highest BCUT2D eigenvalue weighted by molar-refractivity contribution is 7.91. The maximum absolute atomic E-state index is 11.5. The van der Waals surface area contributed by atoms with Gasteiger partial charge in [0.15, 0.2) is 0 Å². The predicted molar refractivity (Wildman–Crippen MR) is 71.6 cm³/mol. The standard InChI is InChI=1S/C13H23NO2S/c1-4-7-11(5-2)14-12-8-6-9-13(10-12)17(3,15)16/h2,11-14H,4,6-10H2,1,3H3. The monoisotopic (exact) mass is 257 g/mol. The number of hydrogen-bond donors (Lipinski definition) is 1. The van der Waals surface area contributed by atoms with Gasteiger partial charge in [0.1, 0.15) is 9.84 Å². The van der Waals surface area contributed by atoms with Crippen LogP contribution in [0.25, 0.3) is 0 Å². The SMILES string of the molecule is C#CC(CCC)NC1CCCC(S(C)(=O)=O)C1. The maximum atomic E-state index is 11.5. The molecule has 3 unspecified atom stereocenters.